The zero-order chi connectivity index (χ0) is 24.0. The number of nitrogens with one attached hydrogen (secondary N) is 1. The molecule has 1 saturated heterocycles. The fourth-order valence-corrected chi connectivity index (χ4v) is 7.55. The number of ether oxygens (including phenoxy) is 2. The Kier molecular flexibility index (Phi) is 5.79. The molecule has 184 valence electrons. The summed E-state index contributed by atoms with van der Waals surface area (Å²) in [5, 5.41) is 3.02. The molecular formula is C29H34N2O4. The summed E-state index contributed by atoms with van der Waals surface area (Å²) in [7, 11) is 1.73. The van der Waals surface area contributed by atoms with Crippen molar-refractivity contribution in [1.29, 1.82) is 0 Å². The van der Waals surface area contributed by atoms with Crippen LogP contribution in [0.3, 0.4) is 0 Å². The molecule has 2 aromatic rings. The second-order valence-electron chi connectivity index (χ2n) is 11.0. The minimum Gasteiger partial charge on any atom is -0.496 e. The molecular weight excluding hydrogens is 440 g/mol. The molecule has 5 aliphatic rings. The van der Waals surface area contributed by atoms with Crippen molar-refractivity contribution in [2.24, 2.45) is 17.8 Å². The summed E-state index contributed by atoms with van der Waals surface area (Å²) in [6.45, 7) is 2.38. The Morgan fingerprint density at radius 3 is 2.11 bits per heavy atom. The molecule has 2 amide bonds. The van der Waals surface area contributed by atoms with Gasteiger partial charge in [0.1, 0.15) is 5.75 Å². The van der Waals surface area contributed by atoms with Gasteiger partial charge < -0.3 is 19.7 Å². The highest BCUT2D eigenvalue weighted by molar-refractivity contribution is 6.05. The first kappa shape index (κ1) is 22.6. The van der Waals surface area contributed by atoms with Crippen molar-refractivity contribution in [3.05, 3.63) is 59.2 Å². The highest BCUT2D eigenvalue weighted by Gasteiger charge is 2.52. The smallest absolute Gasteiger partial charge is 0.255 e. The van der Waals surface area contributed by atoms with E-state index in [1.165, 1.54) is 44.1 Å². The fourth-order valence-electron chi connectivity index (χ4n) is 7.55. The van der Waals surface area contributed by atoms with Crippen molar-refractivity contribution in [1.82, 2.24) is 4.90 Å². The van der Waals surface area contributed by atoms with Crippen LogP contribution in [0.4, 0.5) is 5.69 Å². The first-order valence-electron chi connectivity index (χ1n) is 13.0. The van der Waals surface area contributed by atoms with Crippen molar-refractivity contribution in [3.8, 4) is 5.75 Å². The van der Waals surface area contributed by atoms with E-state index >= 15 is 0 Å². The molecule has 0 spiro atoms. The lowest BCUT2D eigenvalue weighted by Gasteiger charge is -2.57. The quantitative estimate of drug-likeness (QED) is 0.670. The number of hydrogen-bond donors (Lipinski definition) is 1. The van der Waals surface area contributed by atoms with Crippen LogP contribution in [0.5, 0.6) is 5.75 Å². The number of methoxy groups -OCH3 is 1. The summed E-state index contributed by atoms with van der Waals surface area (Å²) in [6.07, 6.45) is 7.81. The first-order valence-corrected chi connectivity index (χ1v) is 13.0. The van der Waals surface area contributed by atoms with Crippen LogP contribution >= 0.6 is 0 Å². The molecule has 1 heterocycles. The second kappa shape index (κ2) is 8.98. The maximum atomic E-state index is 13.2. The average Bonchev–Trinajstić information content (AvgIpc) is 2.88. The Bertz CT molecular complexity index is 1080. The van der Waals surface area contributed by atoms with E-state index in [1.54, 1.807) is 36.3 Å². The van der Waals surface area contributed by atoms with Crippen LogP contribution in [0.15, 0.2) is 42.5 Å². The van der Waals surface area contributed by atoms with Gasteiger partial charge in [0.15, 0.2) is 0 Å². The third-order valence-electron chi connectivity index (χ3n) is 8.76. The van der Waals surface area contributed by atoms with Crippen molar-refractivity contribution in [2.75, 3.05) is 38.7 Å². The average molecular weight is 475 g/mol. The van der Waals surface area contributed by atoms with Gasteiger partial charge in [0.25, 0.3) is 11.8 Å². The van der Waals surface area contributed by atoms with E-state index in [2.05, 4.69) is 11.4 Å². The van der Waals surface area contributed by atoms with E-state index in [9.17, 15) is 9.59 Å². The standard InChI is InChI=1S/C29H34N2O4/c1-34-26-7-4-23(15-25(26)29-16-19-12-20(17-29)14-21(13-19)18-29)27(32)30-24-5-2-22(3-6-24)28(33)31-8-10-35-11-9-31/h2-7,15,19-21H,8-14,16-18H2,1H3,(H,30,32). The van der Waals surface area contributed by atoms with Gasteiger partial charge in [-0.15, -0.1) is 0 Å². The summed E-state index contributed by atoms with van der Waals surface area (Å²) in [4.78, 5) is 27.7. The minimum absolute atomic E-state index is 0.00143. The number of rotatable bonds is 5. The normalized spacial score (nSPS) is 29.2. The van der Waals surface area contributed by atoms with Gasteiger partial charge in [-0.05, 0) is 104 Å². The molecule has 0 atom stereocenters. The second-order valence-corrected chi connectivity index (χ2v) is 11.0. The molecule has 5 fully saturated rings. The number of morpholine rings is 1. The van der Waals surface area contributed by atoms with E-state index < -0.39 is 0 Å². The van der Waals surface area contributed by atoms with Crippen molar-refractivity contribution in [2.45, 2.75) is 43.9 Å². The van der Waals surface area contributed by atoms with Crippen molar-refractivity contribution < 1.29 is 19.1 Å². The van der Waals surface area contributed by atoms with Crippen LogP contribution < -0.4 is 10.1 Å². The summed E-state index contributed by atoms with van der Waals surface area (Å²) >= 11 is 0. The Morgan fingerprint density at radius 2 is 1.51 bits per heavy atom. The van der Waals surface area contributed by atoms with Crippen LogP contribution in [-0.4, -0.2) is 50.1 Å². The molecule has 0 radical (unpaired) electrons. The maximum Gasteiger partial charge on any atom is 0.255 e. The molecule has 1 aliphatic heterocycles. The topological polar surface area (TPSA) is 67.9 Å². The molecule has 4 bridgehead atoms. The van der Waals surface area contributed by atoms with E-state index in [0.29, 0.717) is 43.1 Å². The zero-order valence-corrected chi connectivity index (χ0v) is 20.4. The Hall–Kier alpha value is -2.86. The maximum absolute atomic E-state index is 13.2. The van der Waals surface area contributed by atoms with Gasteiger partial charge in [-0.3, -0.25) is 9.59 Å². The Balaban J connectivity index is 1.20. The number of anilines is 1. The molecule has 1 N–H and O–H groups in total. The van der Waals surface area contributed by atoms with Crippen LogP contribution in [0, 0.1) is 17.8 Å². The summed E-state index contributed by atoms with van der Waals surface area (Å²) < 4.78 is 11.1. The molecule has 7 rings (SSSR count). The van der Waals surface area contributed by atoms with Gasteiger partial charge in [0.05, 0.1) is 20.3 Å². The monoisotopic (exact) mass is 474 g/mol. The highest BCUT2D eigenvalue weighted by atomic mass is 16.5. The molecule has 35 heavy (non-hydrogen) atoms. The predicted molar refractivity (Wildman–Crippen MR) is 134 cm³/mol. The Morgan fingerprint density at radius 1 is 0.914 bits per heavy atom. The molecule has 6 heteroatoms. The van der Waals surface area contributed by atoms with E-state index in [4.69, 9.17) is 9.47 Å². The van der Waals surface area contributed by atoms with Crippen LogP contribution in [0.1, 0.15) is 64.8 Å². The van der Waals surface area contributed by atoms with Gasteiger partial charge in [0.2, 0.25) is 0 Å². The predicted octanol–water partition coefficient (Wildman–Crippen LogP) is 4.89. The van der Waals surface area contributed by atoms with E-state index in [-0.39, 0.29) is 17.2 Å². The summed E-state index contributed by atoms with van der Waals surface area (Å²) in [5.41, 5.74) is 3.33. The minimum atomic E-state index is -0.133. The fraction of sp³-hybridized carbons (Fsp3) is 0.517. The molecule has 2 aromatic carbocycles. The third kappa shape index (κ3) is 4.22. The number of nitrogens with zero attached hydrogens (tertiary/aromatic N) is 1. The molecule has 0 unspecified atom stereocenters. The van der Waals surface area contributed by atoms with Gasteiger partial charge in [0, 0.05) is 35.5 Å². The van der Waals surface area contributed by atoms with Gasteiger partial charge in [-0.2, -0.15) is 0 Å². The summed E-state index contributed by atoms with van der Waals surface area (Å²) in [6, 6.07) is 13.1. The molecule has 6 nitrogen and oxygen atoms in total. The summed E-state index contributed by atoms with van der Waals surface area (Å²) in [5.74, 6) is 3.24. The van der Waals surface area contributed by atoms with Crippen molar-refractivity contribution in [3.63, 3.8) is 0 Å². The Labute approximate surface area is 207 Å². The lowest BCUT2D eigenvalue weighted by molar-refractivity contribution is -0.00617. The first-order chi connectivity index (χ1) is 17.0. The van der Waals surface area contributed by atoms with E-state index in [0.717, 1.165) is 23.5 Å². The highest BCUT2D eigenvalue weighted by Crippen LogP contribution is 2.61. The number of amides is 2. The van der Waals surface area contributed by atoms with Crippen LogP contribution in [0.25, 0.3) is 0 Å². The largest absolute Gasteiger partial charge is 0.496 e. The lowest BCUT2D eigenvalue weighted by atomic mass is 9.48. The SMILES string of the molecule is COc1ccc(C(=O)Nc2ccc(C(=O)N3CCOCC3)cc2)cc1C12CC3CC(CC(C3)C1)C2. The van der Waals surface area contributed by atoms with E-state index in [1.807, 2.05) is 12.1 Å². The number of carbonyl (C=O) groups excluding carboxylic acids is 2. The molecule has 4 aliphatic carbocycles. The van der Waals surface area contributed by atoms with Crippen molar-refractivity contribution >= 4 is 17.5 Å². The lowest BCUT2D eigenvalue weighted by Crippen LogP contribution is -2.48. The van der Waals surface area contributed by atoms with Gasteiger partial charge in [-0.25, -0.2) is 0 Å². The van der Waals surface area contributed by atoms with Crippen LogP contribution in [-0.2, 0) is 10.2 Å². The number of carbonyl (C=O) groups is 2. The zero-order valence-electron chi connectivity index (χ0n) is 20.4. The van der Waals surface area contributed by atoms with Gasteiger partial charge >= 0.3 is 0 Å². The molecule has 0 aromatic heterocycles. The number of hydrogen-bond acceptors (Lipinski definition) is 4. The van der Waals surface area contributed by atoms with Crippen LogP contribution in [0.2, 0.25) is 0 Å². The third-order valence-corrected chi connectivity index (χ3v) is 8.76. The van der Waals surface area contributed by atoms with Gasteiger partial charge in [-0.1, -0.05) is 0 Å². The number of benzene rings is 2. The molecule has 4 saturated carbocycles.